The summed E-state index contributed by atoms with van der Waals surface area (Å²) in [5.74, 6) is -1.05. The van der Waals surface area contributed by atoms with Crippen molar-refractivity contribution in [1.82, 2.24) is 4.90 Å². The molecule has 266 valence electrons. The summed E-state index contributed by atoms with van der Waals surface area (Å²) < 4.78 is 36.3. The van der Waals surface area contributed by atoms with Gasteiger partial charge < -0.3 is 53.7 Å². The highest BCUT2D eigenvalue weighted by Crippen LogP contribution is 2.36. The molecule has 0 amide bonds. The van der Waals surface area contributed by atoms with E-state index < -0.39 is 67.3 Å². The van der Waals surface area contributed by atoms with E-state index in [0.717, 1.165) is 25.7 Å². The van der Waals surface area contributed by atoms with Crippen LogP contribution >= 0.6 is 0 Å². The van der Waals surface area contributed by atoms with Crippen LogP contribution in [-0.2, 0) is 33.2 Å². The van der Waals surface area contributed by atoms with E-state index in [4.69, 9.17) is 28.4 Å². The molecule has 0 aromatic heterocycles. The highest BCUT2D eigenvalue weighted by atomic mass is 16.7. The lowest BCUT2D eigenvalue weighted by Crippen LogP contribution is -2.63. The van der Waals surface area contributed by atoms with Gasteiger partial charge in [0.25, 0.3) is 0 Å². The molecule has 2 aliphatic heterocycles. The van der Waals surface area contributed by atoms with E-state index in [-0.39, 0.29) is 31.0 Å². The van der Waals surface area contributed by atoms with Crippen molar-refractivity contribution in [2.45, 2.75) is 160 Å². The standard InChI is InChI=1S/C33H63NO11/c1-9-10-11-12-13-14-25(37)20(2)17-24(18-27-41-19-21(3)42-27)31(32(40-8)26(15-16-35)44-23(5)36)45-33-30(39)28(34(6)7)29(38)22(4)43-33/h20-22,24-33,35,37-39H,9-19H2,1-8H3/t20?,21?,22-,24?,25?,26?,27?,28-,29-,30-,31?,32?,33+/m1/s1. The summed E-state index contributed by atoms with van der Waals surface area (Å²) >= 11 is 0. The number of nitrogens with zero attached hydrogens (tertiary/aromatic N) is 1. The molecule has 2 heterocycles. The third-order valence-corrected chi connectivity index (χ3v) is 9.18. The fourth-order valence-electron chi connectivity index (χ4n) is 6.67. The Labute approximate surface area is 270 Å². The molecular formula is C33H63NO11. The number of esters is 1. The Kier molecular flexibility index (Phi) is 18.3. The number of unbranched alkanes of at least 4 members (excludes halogenated alkanes) is 4. The van der Waals surface area contributed by atoms with E-state index in [2.05, 4.69) is 6.92 Å². The minimum atomic E-state index is -1.22. The third kappa shape index (κ3) is 12.6. The minimum Gasteiger partial charge on any atom is -0.460 e. The predicted molar refractivity (Wildman–Crippen MR) is 168 cm³/mol. The van der Waals surface area contributed by atoms with Gasteiger partial charge in [-0.2, -0.15) is 0 Å². The molecule has 2 saturated heterocycles. The maximum Gasteiger partial charge on any atom is 0.302 e. The molecule has 8 unspecified atom stereocenters. The number of likely N-dealkylation sites (N-methyl/N-ethyl adjacent to an activating group) is 1. The summed E-state index contributed by atoms with van der Waals surface area (Å²) in [6, 6.07) is -0.670. The lowest BCUT2D eigenvalue weighted by Gasteiger charge is -2.47. The molecule has 12 heteroatoms. The molecule has 0 aromatic rings. The molecule has 0 radical (unpaired) electrons. The van der Waals surface area contributed by atoms with Crippen LogP contribution in [0.5, 0.6) is 0 Å². The van der Waals surface area contributed by atoms with Gasteiger partial charge in [-0.15, -0.1) is 0 Å². The predicted octanol–water partition coefficient (Wildman–Crippen LogP) is 2.61. The molecule has 13 atom stereocenters. The van der Waals surface area contributed by atoms with Crippen LogP contribution in [0.25, 0.3) is 0 Å². The molecular weight excluding hydrogens is 586 g/mol. The highest BCUT2D eigenvalue weighted by molar-refractivity contribution is 5.66. The van der Waals surface area contributed by atoms with Crippen LogP contribution in [0, 0.1) is 11.8 Å². The molecule has 0 aliphatic carbocycles. The molecule has 2 fully saturated rings. The topological polar surface area (TPSA) is 157 Å². The quantitative estimate of drug-likeness (QED) is 0.107. The smallest absolute Gasteiger partial charge is 0.302 e. The second kappa shape index (κ2) is 20.4. The maximum absolute atomic E-state index is 12.2. The first-order valence-corrected chi connectivity index (χ1v) is 16.9. The molecule has 0 saturated carbocycles. The average Bonchev–Trinajstić information content (AvgIpc) is 3.38. The summed E-state index contributed by atoms with van der Waals surface area (Å²) in [5, 5.41) is 43.3. The Hall–Kier alpha value is -0.930. The van der Waals surface area contributed by atoms with E-state index in [9.17, 15) is 25.2 Å². The largest absolute Gasteiger partial charge is 0.460 e. The number of aliphatic hydroxyl groups excluding tert-OH is 4. The van der Waals surface area contributed by atoms with Crippen LogP contribution in [0.1, 0.15) is 92.4 Å². The van der Waals surface area contributed by atoms with Gasteiger partial charge in [-0.1, -0.05) is 46.0 Å². The summed E-state index contributed by atoms with van der Waals surface area (Å²) in [7, 11) is 5.02. The number of hydrogen-bond acceptors (Lipinski definition) is 12. The Morgan fingerprint density at radius 2 is 1.71 bits per heavy atom. The van der Waals surface area contributed by atoms with Crippen LogP contribution in [0.3, 0.4) is 0 Å². The summed E-state index contributed by atoms with van der Waals surface area (Å²) in [6.07, 6.45) is -0.632. The zero-order chi connectivity index (χ0) is 33.7. The second-order valence-electron chi connectivity index (χ2n) is 13.3. The SMILES string of the molecule is CCCCCCCC(O)C(C)CC(CC1OCC(C)O1)C(O[C@@H]1O[C@H](C)[C@@H](O)[C@@H](N(C)C)[C@H]1O)C(OC)C(CCO)OC(C)=O. The zero-order valence-corrected chi connectivity index (χ0v) is 28.9. The van der Waals surface area contributed by atoms with Gasteiger partial charge in [0.1, 0.15) is 18.3 Å². The summed E-state index contributed by atoms with van der Waals surface area (Å²) in [6.45, 7) is 9.31. The van der Waals surface area contributed by atoms with Gasteiger partial charge in [-0.05, 0) is 52.6 Å². The van der Waals surface area contributed by atoms with Crippen molar-refractivity contribution < 1.29 is 53.6 Å². The first-order chi connectivity index (χ1) is 21.3. The summed E-state index contributed by atoms with van der Waals surface area (Å²) in [5.41, 5.74) is 0. The molecule has 4 N–H and O–H groups in total. The Bertz CT molecular complexity index is 820. The van der Waals surface area contributed by atoms with Crippen molar-refractivity contribution in [3.63, 3.8) is 0 Å². The van der Waals surface area contributed by atoms with Crippen molar-refractivity contribution >= 4 is 5.97 Å². The number of ether oxygens (including phenoxy) is 6. The Morgan fingerprint density at radius 3 is 2.27 bits per heavy atom. The summed E-state index contributed by atoms with van der Waals surface area (Å²) in [4.78, 5) is 13.9. The van der Waals surface area contributed by atoms with Crippen molar-refractivity contribution in [2.24, 2.45) is 11.8 Å². The average molecular weight is 650 g/mol. The van der Waals surface area contributed by atoms with Crippen molar-refractivity contribution in [3.05, 3.63) is 0 Å². The molecule has 0 spiro atoms. The molecule has 12 nitrogen and oxygen atoms in total. The lowest BCUT2D eigenvalue weighted by atomic mass is 9.81. The van der Waals surface area contributed by atoms with Crippen LogP contribution in [-0.4, -0.2) is 133 Å². The van der Waals surface area contributed by atoms with E-state index >= 15 is 0 Å². The molecule has 45 heavy (non-hydrogen) atoms. The highest BCUT2D eigenvalue weighted by Gasteiger charge is 2.48. The fourth-order valence-corrected chi connectivity index (χ4v) is 6.67. The number of hydrogen-bond donors (Lipinski definition) is 4. The third-order valence-electron chi connectivity index (χ3n) is 9.18. The number of carbonyl (C=O) groups is 1. The molecule has 0 aromatic carbocycles. The Balaban J connectivity index is 2.47. The number of aliphatic hydroxyl groups is 4. The van der Waals surface area contributed by atoms with E-state index in [1.54, 1.807) is 25.9 Å². The maximum atomic E-state index is 12.2. The number of methoxy groups -OCH3 is 1. The van der Waals surface area contributed by atoms with E-state index in [1.807, 2.05) is 13.8 Å². The van der Waals surface area contributed by atoms with Gasteiger partial charge in [-0.3, -0.25) is 4.79 Å². The molecule has 0 bridgehead atoms. The van der Waals surface area contributed by atoms with Crippen LogP contribution < -0.4 is 0 Å². The van der Waals surface area contributed by atoms with Crippen LogP contribution in [0.2, 0.25) is 0 Å². The minimum absolute atomic E-state index is 0.0887. The number of rotatable bonds is 21. The van der Waals surface area contributed by atoms with Gasteiger partial charge in [0.05, 0.1) is 43.2 Å². The normalized spacial score (nSPS) is 31.4. The first-order valence-electron chi connectivity index (χ1n) is 16.9. The monoisotopic (exact) mass is 649 g/mol. The van der Waals surface area contributed by atoms with Crippen LogP contribution in [0.4, 0.5) is 0 Å². The van der Waals surface area contributed by atoms with Crippen LogP contribution in [0.15, 0.2) is 0 Å². The number of carbonyl (C=O) groups excluding carboxylic acids is 1. The van der Waals surface area contributed by atoms with Gasteiger partial charge in [0, 0.05) is 33.5 Å². The van der Waals surface area contributed by atoms with E-state index in [0.29, 0.717) is 25.9 Å². The second-order valence-corrected chi connectivity index (χ2v) is 13.3. The van der Waals surface area contributed by atoms with E-state index in [1.165, 1.54) is 20.5 Å². The Morgan fingerprint density at radius 1 is 1.02 bits per heavy atom. The molecule has 2 rings (SSSR count). The van der Waals surface area contributed by atoms with Gasteiger partial charge in [0.15, 0.2) is 12.6 Å². The zero-order valence-electron chi connectivity index (χ0n) is 28.9. The van der Waals surface area contributed by atoms with Gasteiger partial charge in [-0.25, -0.2) is 0 Å². The van der Waals surface area contributed by atoms with Crippen molar-refractivity contribution in [2.75, 3.05) is 34.4 Å². The lowest BCUT2D eigenvalue weighted by molar-refractivity contribution is -0.311. The van der Waals surface area contributed by atoms with Gasteiger partial charge in [0.2, 0.25) is 0 Å². The van der Waals surface area contributed by atoms with Gasteiger partial charge >= 0.3 is 5.97 Å². The molecule has 2 aliphatic rings. The van der Waals surface area contributed by atoms with Crippen molar-refractivity contribution in [3.8, 4) is 0 Å². The first kappa shape index (κ1) is 40.2. The van der Waals surface area contributed by atoms with Crippen molar-refractivity contribution in [1.29, 1.82) is 0 Å². The fraction of sp³-hybridized carbons (Fsp3) is 0.970.